The first-order valence-electron chi connectivity index (χ1n) is 22.4. The summed E-state index contributed by atoms with van der Waals surface area (Å²) in [5.74, 6) is 0.339. The van der Waals surface area contributed by atoms with Crippen LogP contribution in [0.2, 0.25) is 0 Å². The first kappa shape index (κ1) is 45.7. The molecule has 2 unspecified atom stereocenters. The molecule has 0 aromatic heterocycles. The van der Waals surface area contributed by atoms with Crippen LogP contribution in [0.15, 0.2) is 158 Å². The van der Waals surface area contributed by atoms with E-state index in [1.165, 1.54) is 54.6 Å². The maximum absolute atomic E-state index is 2.49. The summed E-state index contributed by atoms with van der Waals surface area (Å²) in [5.41, 5.74) is 9.28. The summed E-state index contributed by atoms with van der Waals surface area (Å²) in [5, 5.41) is 5.82. The van der Waals surface area contributed by atoms with Crippen molar-refractivity contribution in [3.63, 3.8) is 0 Å². The lowest BCUT2D eigenvalue weighted by atomic mass is 9.87. The third-order valence-corrected chi connectivity index (χ3v) is 18.2. The molecular formula is C58H72P2. The maximum atomic E-state index is 2.49. The van der Waals surface area contributed by atoms with Crippen molar-refractivity contribution >= 4 is 37.1 Å². The molecule has 2 heteroatoms. The van der Waals surface area contributed by atoms with Crippen LogP contribution in [0.3, 0.4) is 0 Å². The summed E-state index contributed by atoms with van der Waals surface area (Å²) < 4.78 is 0. The molecule has 6 aromatic carbocycles. The van der Waals surface area contributed by atoms with Gasteiger partial charge in [0.15, 0.2) is 0 Å². The van der Waals surface area contributed by atoms with Gasteiger partial charge in [0.05, 0.1) is 0 Å². The minimum atomic E-state index is -0.854. The van der Waals surface area contributed by atoms with Crippen LogP contribution < -0.4 is 21.2 Å². The smallest absolute Gasteiger partial charge is 0.0160 e. The van der Waals surface area contributed by atoms with Crippen LogP contribution in [0.1, 0.15) is 148 Å². The highest BCUT2D eigenvalue weighted by atomic mass is 31.1. The first-order chi connectivity index (χ1) is 28.3. The van der Waals surface area contributed by atoms with Crippen LogP contribution in [0.4, 0.5) is 0 Å². The zero-order chi connectivity index (χ0) is 43.5. The molecular weight excluding hydrogens is 759 g/mol. The fourth-order valence-electron chi connectivity index (χ4n) is 8.73. The number of rotatable bonds is 12. The summed E-state index contributed by atoms with van der Waals surface area (Å²) in [6.45, 7) is 30.4. The highest BCUT2D eigenvalue weighted by molar-refractivity contribution is 7.74. The van der Waals surface area contributed by atoms with E-state index in [1.54, 1.807) is 0 Å². The second kappa shape index (κ2) is 18.7. The van der Waals surface area contributed by atoms with Crippen molar-refractivity contribution in [1.29, 1.82) is 0 Å². The molecule has 0 nitrogen and oxygen atoms in total. The van der Waals surface area contributed by atoms with Crippen LogP contribution in [0.5, 0.6) is 0 Å². The molecule has 0 spiro atoms. The predicted molar refractivity (Wildman–Crippen MR) is 270 cm³/mol. The zero-order valence-electron chi connectivity index (χ0n) is 39.1. The highest BCUT2D eigenvalue weighted by Gasteiger charge is 2.42. The Morgan fingerprint density at radius 3 is 0.767 bits per heavy atom. The molecule has 0 N–H and O–H groups in total. The lowest BCUT2D eigenvalue weighted by Gasteiger charge is -2.43. The Balaban J connectivity index is 1.67. The van der Waals surface area contributed by atoms with Gasteiger partial charge in [-0.05, 0) is 104 Å². The Hall–Kier alpha value is -3.82. The monoisotopic (exact) mass is 831 g/mol. The Labute approximate surface area is 368 Å². The van der Waals surface area contributed by atoms with Gasteiger partial charge in [0.2, 0.25) is 0 Å². The standard InChI is InChI=1S/C58H72P2/c1-14-21-52(53(42-22-17-15-18-23-42)59(48-34-26-44(27-35-48)55(2,3)4)49-36-28-45(29-37-49)56(5,6)7)54(43-24-19-16-20-25-43)60(50-38-30-46(31-39-50)57(8,9)10)51-40-32-47(33-41-51)58(11,12)13/h15-20,22-41,52-54H,14,21H2,1-13H3. The molecule has 0 amide bonds. The molecule has 0 fully saturated rings. The summed E-state index contributed by atoms with van der Waals surface area (Å²) in [4.78, 5) is 0. The predicted octanol–water partition coefficient (Wildman–Crippen LogP) is 15.3. The molecule has 0 aliphatic rings. The molecule has 0 saturated carbocycles. The molecule has 6 aromatic rings. The molecule has 314 valence electrons. The lowest BCUT2D eigenvalue weighted by Crippen LogP contribution is -2.30. The van der Waals surface area contributed by atoms with Crippen LogP contribution in [-0.4, -0.2) is 0 Å². The fourth-order valence-corrected chi connectivity index (χ4v) is 15.0. The van der Waals surface area contributed by atoms with Crippen molar-refractivity contribution in [2.45, 2.75) is 136 Å². The minimum Gasteiger partial charge on any atom is -0.0654 e. The molecule has 0 bridgehead atoms. The molecule has 0 heterocycles. The van der Waals surface area contributed by atoms with E-state index in [4.69, 9.17) is 0 Å². The number of hydrogen-bond donors (Lipinski definition) is 0. The van der Waals surface area contributed by atoms with E-state index in [0.717, 1.165) is 12.8 Å². The van der Waals surface area contributed by atoms with E-state index >= 15 is 0 Å². The topological polar surface area (TPSA) is 0 Å². The van der Waals surface area contributed by atoms with Crippen LogP contribution in [0, 0.1) is 5.92 Å². The Morgan fingerprint density at radius 2 is 0.567 bits per heavy atom. The largest absolute Gasteiger partial charge is 0.0654 e. The van der Waals surface area contributed by atoms with Gasteiger partial charge in [-0.15, -0.1) is 0 Å². The second-order valence-electron chi connectivity index (χ2n) is 21.1. The van der Waals surface area contributed by atoms with Gasteiger partial charge in [0, 0.05) is 11.3 Å². The zero-order valence-corrected chi connectivity index (χ0v) is 40.8. The van der Waals surface area contributed by atoms with Gasteiger partial charge in [-0.1, -0.05) is 254 Å². The minimum absolute atomic E-state index is 0.0819. The third-order valence-electron chi connectivity index (χ3n) is 12.3. The van der Waals surface area contributed by atoms with Crippen molar-refractivity contribution in [2.75, 3.05) is 0 Å². The summed E-state index contributed by atoms with van der Waals surface area (Å²) in [6, 6.07) is 62.5. The SMILES string of the molecule is CCCC(C(c1ccccc1)P(c1ccc(C(C)(C)C)cc1)c1ccc(C(C)(C)C)cc1)C(c1ccccc1)P(c1ccc(C(C)(C)C)cc1)c1ccc(C(C)(C)C)cc1. The number of benzene rings is 6. The summed E-state index contributed by atoms with van der Waals surface area (Å²) >= 11 is 0. The van der Waals surface area contributed by atoms with Crippen LogP contribution in [0.25, 0.3) is 0 Å². The van der Waals surface area contributed by atoms with Gasteiger partial charge < -0.3 is 0 Å². The van der Waals surface area contributed by atoms with Gasteiger partial charge >= 0.3 is 0 Å². The van der Waals surface area contributed by atoms with Gasteiger partial charge in [0.25, 0.3) is 0 Å². The molecule has 0 aliphatic carbocycles. The van der Waals surface area contributed by atoms with E-state index in [1.807, 2.05) is 0 Å². The quantitative estimate of drug-likeness (QED) is 0.108. The fraction of sp³-hybridized carbons (Fsp3) is 0.379. The Bertz CT molecular complexity index is 1950. The molecule has 0 radical (unpaired) electrons. The van der Waals surface area contributed by atoms with Crippen molar-refractivity contribution in [2.24, 2.45) is 5.92 Å². The second-order valence-corrected chi connectivity index (χ2v) is 25.7. The molecule has 2 atom stereocenters. The summed E-state index contributed by atoms with van der Waals surface area (Å²) in [7, 11) is -1.71. The van der Waals surface area contributed by atoms with E-state index < -0.39 is 15.8 Å². The number of hydrogen-bond acceptors (Lipinski definition) is 0. The van der Waals surface area contributed by atoms with Gasteiger partial charge in [-0.3, -0.25) is 0 Å². The average molecular weight is 831 g/mol. The molecule has 0 aliphatic heterocycles. The molecule has 6 rings (SSSR count). The van der Waals surface area contributed by atoms with Crippen LogP contribution in [-0.2, 0) is 21.7 Å². The van der Waals surface area contributed by atoms with Crippen molar-refractivity contribution in [1.82, 2.24) is 0 Å². The van der Waals surface area contributed by atoms with Gasteiger partial charge in [-0.2, -0.15) is 0 Å². The van der Waals surface area contributed by atoms with Crippen molar-refractivity contribution in [3.05, 3.63) is 191 Å². The Kier molecular flexibility index (Phi) is 14.2. The first-order valence-corrected chi connectivity index (χ1v) is 25.2. The van der Waals surface area contributed by atoms with Gasteiger partial charge in [0.1, 0.15) is 0 Å². The van der Waals surface area contributed by atoms with E-state index in [2.05, 4.69) is 248 Å². The molecule has 0 saturated heterocycles. The van der Waals surface area contributed by atoms with E-state index in [9.17, 15) is 0 Å². The highest BCUT2D eigenvalue weighted by Crippen LogP contribution is 2.64. The van der Waals surface area contributed by atoms with Crippen molar-refractivity contribution < 1.29 is 0 Å². The van der Waals surface area contributed by atoms with Crippen LogP contribution >= 0.6 is 15.8 Å². The average Bonchev–Trinajstić information content (AvgIpc) is 3.21. The molecule has 60 heavy (non-hydrogen) atoms. The summed E-state index contributed by atoms with van der Waals surface area (Å²) in [6.07, 6.45) is 2.23. The van der Waals surface area contributed by atoms with E-state index in [-0.39, 0.29) is 33.0 Å². The van der Waals surface area contributed by atoms with E-state index in [0.29, 0.717) is 5.92 Å². The lowest BCUT2D eigenvalue weighted by molar-refractivity contribution is 0.451. The van der Waals surface area contributed by atoms with Gasteiger partial charge in [-0.25, -0.2) is 0 Å². The Morgan fingerprint density at radius 1 is 0.333 bits per heavy atom. The third kappa shape index (κ3) is 10.8. The maximum Gasteiger partial charge on any atom is 0.0160 e. The van der Waals surface area contributed by atoms with Crippen molar-refractivity contribution in [3.8, 4) is 0 Å². The normalized spacial score (nSPS) is 14.3.